The van der Waals surface area contributed by atoms with Gasteiger partial charge in [0.15, 0.2) is 0 Å². The van der Waals surface area contributed by atoms with Crippen LogP contribution in [0.5, 0.6) is 0 Å². The van der Waals surface area contributed by atoms with E-state index in [1.165, 1.54) is 0 Å². The van der Waals surface area contributed by atoms with Gasteiger partial charge in [0.25, 0.3) is 0 Å². The van der Waals surface area contributed by atoms with Crippen molar-refractivity contribution in [3.05, 3.63) is 34.9 Å². The Morgan fingerprint density at radius 3 is 2.47 bits per heavy atom. The molecule has 2 N–H and O–H groups in total. The third-order valence-corrected chi connectivity index (χ3v) is 2.98. The minimum absolute atomic E-state index is 0.179. The second-order valence-electron chi connectivity index (χ2n) is 4.85. The molecule has 0 fully saturated rings. The van der Waals surface area contributed by atoms with Gasteiger partial charge < -0.3 is 10.4 Å². The lowest BCUT2D eigenvalue weighted by Gasteiger charge is -2.16. The molecule has 0 spiro atoms. The molecular weight excluding hydrogens is 266 g/mol. The number of carboxylic acids is 1. The van der Waals surface area contributed by atoms with Gasteiger partial charge in [-0.05, 0) is 17.5 Å². The van der Waals surface area contributed by atoms with Crippen molar-refractivity contribution >= 4 is 23.5 Å². The molecule has 0 radical (unpaired) electrons. The first-order chi connectivity index (χ1) is 8.90. The molecule has 0 aliphatic rings. The minimum atomic E-state index is -1.06. The van der Waals surface area contributed by atoms with Crippen LogP contribution in [0.3, 0.4) is 0 Å². The fourth-order valence-corrected chi connectivity index (χ4v) is 1.92. The highest BCUT2D eigenvalue weighted by atomic mass is 35.5. The van der Waals surface area contributed by atoms with Gasteiger partial charge in [-0.1, -0.05) is 43.6 Å². The SMILES string of the molecule is CC(C)CC(=O)N[C@@H](Cc1ccccc1Cl)C(=O)O. The normalized spacial score (nSPS) is 12.2. The van der Waals surface area contributed by atoms with Gasteiger partial charge in [-0.3, -0.25) is 4.79 Å². The molecule has 0 saturated heterocycles. The maximum Gasteiger partial charge on any atom is 0.326 e. The molecule has 5 heteroatoms. The third kappa shape index (κ3) is 5.30. The standard InChI is InChI=1S/C14H18ClNO3/c1-9(2)7-13(17)16-12(14(18)19)8-10-5-3-4-6-11(10)15/h3-6,9,12H,7-8H2,1-2H3,(H,16,17)(H,18,19)/t12-/m0/s1. The second kappa shape index (κ2) is 7.14. The number of hydrogen-bond acceptors (Lipinski definition) is 2. The van der Waals surface area contributed by atoms with E-state index in [0.29, 0.717) is 17.0 Å². The lowest BCUT2D eigenvalue weighted by molar-refractivity contribution is -0.141. The van der Waals surface area contributed by atoms with Gasteiger partial charge >= 0.3 is 5.97 Å². The maximum absolute atomic E-state index is 11.6. The number of rotatable bonds is 6. The number of halogens is 1. The zero-order chi connectivity index (χ0) is 14.4. The zero-order valence-corrected chi connectivity index (χ0v) is 11.8. The van der Waals surface area contributed by atoms with Crippen LogP contribution in [0.4, 0.5) is 0 Å². The second-order valence-corrected chi connectivity index (χ2v) is 5.26. The van der Waals surface area contributed by atoms with Crippen molar-refractivity contribution in [2.24, 2.45) is 5.92 Å². The quantitative estimate of drug-likeness (QED) is 0.843. The smallest absolute Gasteiger partial charge is 0.326 e. The number of carbonyl (C=O) groups excluding carboxylic acids is 1. The average Bonchev–Trinajstić information content (AvgIpc) is 2.29. The number of carboxylic acid groups (broad SMARTS) is 1. The van der Waals surface area contributed by atoms with E-state index < -0.39 is 12.0 Å². The van der Waals surface area contributed by atoms with Crippen LogP contribution in [0.15, 0.2) is 24.3 Å². The van der Waals surface area contributed by atoms with E-state index in [9.17, 15) is 9.59 Å². The van der Waals surface area contributed by atoms with Crippen LogP contribution in [0.1, 0.15) is 25.8 Å². The molecule has 19 heavy (non-hydrogen) atoms. The molecule has 0 bridgehead atoms. The Balaban J connectivity index is 2.71. The molecule has 1 rings (SSSR count). The van der Waals surface area contributed by atoms with Crippen molar-refractivity contribution in [1.29, 1.82) is 0 Å². The van der Waals surface area contributed by atoms with Gasteiger partial charge in [0.1, 0.15) is 6.04 Å². The molecule has 0 heterocycles. The summed E-state index contributed by atoms with van der Waals surface area (Å²) >= 11 is 5.99. The van der Waals surface area contributed by atoms with E-state index >= 15 is 0 Å². The first-order valence-corrected chi connectivity index (χ1v) is 6.53. The molecular formula is C14H18ClNO3. The molecule has 0 aromatic heterocycles. The summed E-state index contributed by atoms with van der Waals surface area (Å²) in [4.78, 5) is 22.8. The number of hydrogen-bond donors (Lipinski definition) is 2. The third-order valence-electron chi connectivity index (χ3n) is 2.61. The van der Waals surface area contributed by atoms with Crippen LogP contribution in [0.25, 0.3) is 0 Å². The van der Waals surface area contributed by atoms with Crippen molar-refractivity contribution in [3.8, 4) is 0 Å². The molecule has 0 aliphatic heterocycles. The van der Waals surface area contributed by atoms with E-state index in [1.54, 1.807) is 24.3 Å². The average molecular weight is 284 g/mol. The highest BCUT2D eigenvalue weighted by Gasteiger charge is 2.21. The van der Waals surface area contributed by atoms with Gasteiger partial charge in [-0.15, -0.1) is 0 Å². The van der Waals surface area contributed by atoms with E-state index in [2.05, 4.69) is 5.32 Å². The predicted molar refractivity (Wildman–Crippen MR) is 74.2 cm³/mol. The summed E-state index contributed by atoms with van der Waals surface area (Å²) in [5.74, 6) is -1.12. The summed E-state index contributed by atoms with van der Waals surface area (Å²) in [6.07, 6.45) is 0.491. The monoisotopic (exact) mass is 283 g/mol. The largest absolute Gasteiger partial charge is 0.480 e. The molecule has 104 valence electrons. The summed E-state index contributed by atoms with van der Waals surface area (Å²) < 4.78 is 0. The number of carbonyl (C=O) groups is 2. The molecule has 1 aromatic rings. The summed E-state index contributed by atoms with van der Waals surface area (Å²) in [5.41, 5.74) is 0.710. The van der Waals surface area contributed by atoms with Gasteiger partial charge in [-0.25, -0.2) is 4.79 Å². The highest BCUT2D eigenvalue weighted by molar-refractivity contribution is 6.31. The first kappa shape index (κ1) is 15.5. The van der Waals surface area contributed by atoms with Crippen molar-refractivity contribution in [1.82, 2.24) is 5.32 Å². The predicted octanol–water partition coefficient (Wildman–Crippen LogP) is 2.50. The number of amides is 1. The summed E-state index contributed by atoms with van der Waals surface area (Å²) in [5, 5.41) is 12.2. The summed E-state index contributed by atoms with van der Waals surface area (Å²) in [6.45, 7) is 3.81. The number of benzene rings is 1. The number of nitrogens with one attached hydrogen (secondary N) is 1. The molecule has 4 nitrogen and oxygen atoms in total. The number of aliphatic carboxylic acids is 1. The Bertz CT molecular complexity index is 460. The van der Waals surface area contributed by atoms with Gasteiger partial charge in [0.05, 0.1) is 0 Å². The fraction of sp³-hybridized carbons (Fsp3) is 0.429. The van der Waals surface area contributed by atoms with E-state index in [-0.39, 0.29) is 18.2 Å². The zero-order valence-electron chi connectivity index (χ0n) is 11.0. The molecule has 0 saturated carbocycles. The fourth-order valence-electron chi connectivity index (χ4n) is 1.71. The van der Waals surface area contributed by atoms with Crippen molar-refractivity contribution < 1.29 is 14.7 Å². The Kier molecular flexibility index (Phi) is 5.83. The van der Waals surface area contributed by atoms with E-state index in [1.807, 2.05) is 13.8 Å². The molecule has 1 amide bonds. The summed E-state index contributed by atoms with van der Waals surface area (Å²) in [6, 6.07) is 6.07. The van der Waals surface area contributed by atoms with Crippen LogP contribution in [-0.2, 0) is 16.0 Å². The van der Waals surface area contributed by atoms with Crippen LogP contribution >= 0.6 is 11.6 Å². The Hall–Kier alpha value is -1.55. The minimum Gasteiger partial charge on any atom is -0.480 e. The van der Waals surface area contributed by atoms with E-state index in [0.717, 1.165) is 0 Å². The van der Waals surface area contributed by atoms with Gasteiger partial charge in [0, 0.05) is 17.9 Å². The Morgan fingerprint density at radius 1 is 1.32 bits per heavy atom. The Morgan fingerprint density at radius 2 is 1.95 bits per heavy atom. The highest BCUT2D eigenvalue weighted by Crippen LogP contribution is 2.17. The van der Waals surface area contributed by atoms with Crippen molar-refractivity contribution in [2.45, 2.75) is 32.7 Å². The van der Waals surface area contributed by atoms with Crippen molar-refractivity contribution in [2.75, 3.05) is 0 Å². The topological polar surface area (TPSA) is 66.4 Å². The van der Waals surface area contributed by atoms with Crippen LogP contribution in [-0.4, -0.2) is 23.0 Å². The van der Waals surface area contributed by atoms with Gasteiger partial charge in [0.2, 0.25) is 5.91 Å². The maximum atomic E-state index is 11.6. The molecule has 1 aromatic carbocycles. The summed E-state index contributed by atoms with van der Waals surface area (Å²) in [7, 11) is 0. The van der Waals surface area contributed by atoms with Crippen molar-refractivity contribution in [3.63, 3.8) is 0 Å². The Labute approximate surface area is 117 Å². The molecule has 1 atom stereocenters. The van der Waals surface area contributed by atoms with Crippen LogP contribution in [0.2, 0.25) is 5.02 Å². The molecule has 0 aliphatic carbocycles. The van der Waals surface area contributed by atoms with Crippen LogP contribution in [0, 0.1) is 5.92 Å². The van der Waals surface area contributed by atoms with Crippen LogP contribution < -0.4 is 5.32 Å². The van der Waals surface area contributed by atoms with Gasteiger partial charge in [-0.2, -0.15) is 0 Å². The first-order valence-electron chi connectivity index (χ1n) is 6.15. The lowest BCUT2D eigenvalue weighted by atomic mass is 10.0. The lowest BCUT2D eigenvalue weighted by Crippen LogP contribution is -2.42. The molecule has 0 unspecified atom stereocenters. The van der Waals surface area contributed by atoms with E-state index in [4.69, 9.17) is 16.7 Å².